The first-order valence-electron chi connectivity index (χ1n) is 12.1. The Morgan fingerprint density at radius 1 is 1.14 bits per heavy atom. The zero-order valence-electron chi connectivity index (χ0n) is 20.7. The van der Waals surface area contributed by atoms with Crippen LogP contribution >= 0.6 is 11.8 Å². The van der Waals surface area contributed by atoms with E-state index in [2.05, 4.69) is 81.3 Å². The molecular weight excluding hydrogens is 454 g/mol. The van der Waals surface area contributed by atoms with Gasteiger partial charge in [0.25, 0.3) is 0 Å². The molecule has 0 amide bonds. The van der Waals surface area contributed by atoms with Crippen molar-refractivity contribution >= 4 is 28.7 Å². The van der Waals surface area contributed by atoms with E-state index in [0.29, 0.717) is 5.92 Å². The lowest BCUT2D eigenvalue weighted by atomic mass is 10.0. The average molecular weight is 486 g/mol. The van der Waals surface area contributed by atoms with Gasteiger partial charge in [0, 0.05) is 66.4 Å². The van der Waals surface area contributed by atoms with E-state index in [9.17, 15) is 0 Å². The van der Waals surface area contributed by atoms with E-state index in [-0.39, 0.29) is 0 Å². The van der Waals surface area contributed by atoms with Gasteiger partial charge < -0.3 is 9.47 Å². The number of fused-ring (bicyclic) bond motifs is 1. The molecule has 4 heterocycles. The van der Waals surface area contributed by atoms with E-state index in [1.54, 1.807) is 11.8 Å². The molecule has 0 atom stereocenters. The third-order valence-electron chi connectivity index (χ3n) is 6.57. The summed E-state index contributed by atoms with van der Waals surface area (Å²) in [5, 5.41) is 15.3. The Bertz CT molecular complexity index is 1390. The topological polar surface area (TPSA) is 64.7 Å². The number of allylic oxidation sites excluding steroid dienone is 3. The molecule has 5 rings (SSSR count). The van der Waals surface area contributed by atoms with Gasteiger partial charge in [0.15, 0.2) is 11.0 Å². The lowest BCUT2D eigenvalue weighted by molar-refractivity contribution is 0.0917. The van der Waals surface area contributed by atoms with Crippen LogP contribution in [0.4, 0.5) is 0 Å². The molecule has 0 aliphatic carbocycles. The lowest BCUT2D eigenvalue weighted by Gasteiger charge is -2.38. The van der Waals surface area contributed by atoms with E-state index in [0.717, 1.165) is 51.0 Å². The molecule has 1 aliphatic heterocycles. The number of rotatable bonds is 8. The number of likely N-dealkylation sites (tertiary alicyclic amines) is 1. The third kappa shape index (κ3) is 5.23. The molecule has 0 saturated carbocycles. The van der Waals surface area contributed by atoms with Gasteiger partial charge in [-0.3, -0.25) is 9.67 Å². The van der Waals surface area contributed by atoms with Gasteiger partial charge in [0.1, 0.15) is 0 Å². The highest BCUT2D eigenvalue weighted by atomic mass is 32.2. The fourth-order valence-electron chi connectivity index (χ4n) is 4.23. The van der Waals surface area contributed by atoms with Crippen LogP contribution in [0.2, 0.25) is 0 Å². The standard InChI is InChI=1S/C27H31N7S/c1-5-19(3)7-10-26-30-31-27(32(26)4)35-24-8-9-25-21(12-24)11-22(13-28-25)23-14-29-34(18-23)17-20-15-33(6-2)16-20/h5,7-14,18,20H,6,15-17H2,1-4H3/b10-7-,19-5?. The smallest absolute Gasteiger partial charge is 0.196 e. The van der Waals surface area contributed by atoms with Crippen molar-refractivity contribution in [1.82, 2.24) is 34.4 Å². The van der Waals surface area contributed by atoms with Gasteiger partial charge in [-0.1, -0.05) is 24.6 Å². The van der Waals surface area contributed by atoms with Crippen molar-refractivity contribution in [3.05, 3.63) is 66.4 Å². The summed E-state index contributed by atoms with van der Waals surface area (Å²) >= 11 is 1.61. The maximum atomic E-state index is 4.69. The molecule has 1 saturated heterocycles. The summed E-state index contributed by atoms with van der Waals surface area (Å²) in [6.07, 6.45) is 12.1. The molecule has 1 aromatic carbocycles. The normalized spacial score (nSPS) is 15.4. The fourth-order valence-corrected chi connectivity index (χ4v) is 5.07. The maximum absolute atomic E-state index is 4.69. The summed E-state index contributed by atoms with van der Waals surface area (Å²) in [6.45, 7) is 10.8. The number of aromatic nitrogens is 6. The molecule has 0 N–H and O–H groups in total. The highest BCUT2D eigenvalue weighted by molar-refractivity contribution is 7.99. The Kier molecular flexibility index (Phi) is 6.83. The second-order valence-electron chi connectivity index (χ2n) is 9.12. The molecule has 35 heavy (non-hydrogen) atoms. The average Bonchev–Trinajstić information content (AvgIpc) is 3.46. The van der Waals surface area contributed by atoms with Crippen LogP contribution in [0.5, 0.6) is 0 Å². The van der Waals surface area contributed by atoms with Crippen LogP contribution in [0, 0.1) is 5.92 Å². The van der Waals surface area contributed by atoms with Crippen LogP contribution < -0.4 is 0 Å². The van der Waals surface area contributed by atoms with Crippen molar-refractivity contribution in [1.29, 1.82) is 0 Å². The van der Waals surface area contributed by atoms with Gasteiger partial charge in [-0.15, -0.1) is 10.2 Å². The molecule has 1 fully saturated rings. The van der Waals surface area contributed by atoms with Crippen molar-refractivity contribution in [2.24, 2.45) is 13.0 Å². The SMILES string of the molecule is CC=C(C)/C=C\c1nnc(Sc2ccc3ncc(-c4cnn(CC5CN(CC)C5)c4)cc3c2)n1C. The van der Waals surface area contributed by atoms with Gasteiger partial charge in [-0.25, -0.2) is 0 Å². The van der Waals surface area contributed by atoms with Crippen molar-refractivity contribution in [3.63, 3.8) is 0 Å². The molecule has 0 bridgehead atoms. The Balaban J connectivity index is 1.32. The molecular formula is C27H31N7S. The van der Waals surface area contributed by atoms with Gasteiger partial charge in [0.2, 0.25) is 0 Å². The summed E-state index contributed by atoms with van der Waals surface area (Å²) in [5.74, 6) is 1.53. The van der Waals surface area contributed by atoms with Crippen LogP contribution in [-0.2, 0) is 13.6 Å². The van der Waals surface area contributed by atoms with E-state index in [4.69, 9.17) is 4.98 Å². The highest BCUT2D eigenvalue weighted by Gasteiger charge is 2.25. The first-order chi connectivity index (χ1) is 17.0. The van der Waals surface area contributed by atoms with Crippen LogP contribution in [0.25, 0.3) is 28.1 Å². The van der Waals surface area contributed by atoms with Crippen molar-refractivity contribution in [2.75, 3.05) is 19.6 Å². The minimum Gasteiger partial charge on any atom is -0.305 e. The minimum absolute atomic E-state index is 0.695. The predicted molar refractivity (Wildman–Crippen MR) is 142 cm³/mol. The van der Waals surface area contributed by atoms with Crippen molar-refractivity contribution in [2.45, 2.75) is 37.4 Å². The molecule has 7 nitrogen and oxygen atoms in total. The minimum atomic E-state index is 0.695. The summed E-state index contributed by atoms with van der Waals surface area (Å²) in [7, 11) is 1.99. The van der Waals surface area contributed by atoms with Gasteiger partial charge >= 0.3 is 0 Å². The zero-order valence-corrected chi connectivity index (χ0v) is 21.5. The number of nitrogens with zero attached hydrogens (tertiary/aromatic N) is 7. The molecule has 3 aromatic heterocycles. The second kappa shape index (κ2) is 10.2. The van der Waals surface area contributed by atoms with Gasteiger partial charge in [-0.2, -0.15) is 5.10 Å². The molecule has 1 aliphatic rings. The first kappa shape index (κ1) is 23.5. The molecule has 0 radical (unpaired) electrons. The summed E-state index contributed by atoms with van der Waals surface area (Å²) in [5.41, 5.74) is 4.35. The summed E-state index contributed by atoms with van der Waals surface area (Å²) in [4.78, 5) is 8.26. The molecule has 8 heteroatoms. The second-order valence-corrected chi connectivity index (χ2v) is 10.2. The maximum Gasteiger partial charge on any atom is 0.196 e. The largest absolute Gasteiger partial charge is 0.305 e. The highest BCUT2D eigenvalue weighted by Crippen LogP contribution is 2.30. The number of benzene rings is 1. The van der Waals surface area contributed by atoms with Gasteiger partial charge in [0.05, 0.1) is 11.7 Å². The van der Waals surface area contributed by atoms with E-state index < -0.39 is 0 Å². The number of hydrogen-bond acceptors (Lipinski definition) is 6. The van der Waals surface area contributed by atoms with E-state index in [1.165, 1.54) is 18.7 Å². The quantitative estimate of drug-likeness (QED) is 0.315. The fraction of sp³-hybridized carbons (Fsp3) is 0.333. The van der Waals surface area contributed by atoms with Crippen LogP contribution in [0.15, 0.2) is 70.6 Å². The van der Waals surface area contributed by atoms with E-state index >= 15 is 0 Å². The monoisotopic (exact) mass is 485 g/mol. The van der Waals surface area contributed by atoms with E-state index in [1.807, 2.05) is 37.0 Å². The first-order valence-corrected chi connectivity index (χ1v) is 12.9. The Morgan fingerprint density at radius 3 is 2.80 bits per heavy atom. The summed E-state index contributed by atoms with van der Waals surface area (Å²) < 4.78 is 4.08. The molecule has 0 unspecified atom stereocenters. The molecule has 0 spiro atoms. The lowest BCUT2D eigenvalue weighted by Crippen LogP contribution is -2.48. The van der Waals surface area contributed by atoms with Gasteiger partial charge in [-0.05, 0) is 62.5 Å². The Labute approximate surface area is 210 Å². The molecule has 180 valence electrons. The zero-order chi connectivity index (χ0) is 24.4. The number of pyridine rings is 1. The predicted octanol–water partition coefficient (Wildman–Crippen LogP) is 5.31. The Hall–Kier alpha value is -3.23. The van der Waals surface area contributed by atoms with Crippen LogP contribution in [0.3, 0.4) is 0 Å². The molecule has 4 aromatic rings. The van der Waals surface area contributed by atoms with Crippen molar-refractivity contribution < 1.29 is 0 Å². The number of hydrogen-bond donors (Lipinski definition) is 0. The van der Waals surface area contributed by atoms with Crippen LogP contribution in [-0.4, -0.2) is 54.1 Å². The Morgan fingerprint density at radius 2 is 2.00 bits per heavy atom. The third-order valence-corrected chi connectivity index (χ3v) is 7.60. The van der Waals surface area contributed by atoms with Crippen molar-refractivity contribution in [3.8, 4) is 11.1 Å². The van der Waals surface area contributed by atoms with Crippen LogP contribution in [0.1, 0.15) is 26.6 Å². The summed E-state index contributed by atoms with van der Waals surface area (Å²) in [6, 6.07) is 8.51.